The molecule has 1 heterocycles. The van der Waals surface area contributed by atoms with Gasteiger partial charge in [0.1, 0.15) is 5.82 Å². The van der Waals surface area contributed by atoms with Gasteiger partial charge in [-0.15, -0.1) is 0 Å². The Morgan fingerprint density at radius 3 is 3.05 bits per heavy atom. The minimum absolute atomic E-state index is 0.0326. The molecule has 0 aliphatic carbocycles. The largest absolute Gasteiger partial charge is 0.352 e. The van der Waals surface area contributed by atoms with Crippen molar-refractivity contribution in [2.45, 2.75) is 6.42 Å². The fourth-order valence-electron chi connectivity index (χ4n) is 2.46. The number of benzene rings is 1. The van der Waals surface area contributed by atoms with Crippen LogP contribution in [-0.4, -0.2) is 44.0 Å². The highest BCUT2D eigenvalue weighted by molar-refractivity contribution is 5.94. The summed E-state index contributed by atoms with van der Waals surface area (Å²) in [5, 5.41) is 2.81. The van der Waals surface area contributed by atoms with Crippen LogP contribution in [0.2, 0.25) is 0 Å². The number of nitrogens with zero attached hydrogens (tertiary/aromatic N) is 1. The maximum absolute atomic E-state index is 13.8. The predicted octanol–water partition coefficient (Wildman–Crippen LogP) is 0.817. The van der Waals surface area contributed by atoms with Crippen LogP contribution >= 0.6 is 0 Å². The molecule has 0 radical (unpaired) electrons. The third kappa shape index (κ3) is 4.28. The number of likely N-dealkylation sites (tertiary alicyclic amines) is 1. The molecule has 3 N–H and O–H groups in total. The monoisotopic (exact) mass is 289 g/mol. The molecule has 0 spiro atoms. The van der Waals surface area contributed by atoms with Crippen LogP contribution in [0.1, 0.15) is 22.3 Å². The van der Waals surface area contributed by atoms with E-state index in [1.54, 1.807) is 6.07 Å². The van der Waals surface area contributed by atoms with Gasteiger partial charge in [0.2, 0.25) is 0 Å². The summed E-state index contributed by atoms with van der Waals surface area (Å²) in [5.74, 6) is 5.00. The average molecular weight is 289 g/mol. The third-order valence-corrected chi connectivity index (χ3v) is 3.59. The first-order valence-electron chi connectivity index (χ1n) is 7.05. The van der Waals surface area contributed by atoms with Crippen molar-refractivity contribution < 1.29 is 9.18 Å². The Labute approximate surface area is 124 Å². The highest BCUT2D eigenvalue weighted by Gasteiger charge is 2.20. The number of carbonyl (C=O) groups excluding carboxylic acids is 1. The maximum atomic E-state index is 13.8. The Bertz CT molecular complexity index is 577. The zero-order valence-corrected chi connectivity index (χ0v) is 12.2. The van der Waals surface area contributed by atoms with Crippen LogP contribution in [0, 0.1) is 23.6 Å². The molecule has 1 aromatic rings. The van der Waals surface area contributed by atoms with E-state index in [-0.39, 0.29) is 12.1 Å². The number of halogens is 1. The van der Waals surface area contributed by atoms with Crippen LogP contribution in [0.5, 0.6) is 0 Å². The Morgan fingerprint density at radius 1 is 1.57 bits per heavy atom. The summed E-state index contributed by atoms with van der Waals surface area (Å²) in [6.45, 7) is 2.80. The van der Waals surface area contributed by atoms with E-state index in [1.807, 2.05) is 0 Å². The number of nitrogens with one attached hydrogen (secondary N) is 1. The second-order valence-electron chi connectivity index (χ2n) is 5.33. The first kappa shape index (κ1) is 15.5. The quantitative estimate of drug-likeness (QED) is 0.810. The summed E-state index contributed by atoms with van der Waals surface area (Å²) in [6, 6.07) is 4.27. The highest BCUT2D eigenvalue weighted by atomic mass is 19.1. The van der Waals surface area contributed by atoms with Gasteiger partial charge in [-0.3, -0.25) is 4.79 Å². The van der Waals surface area contributed by atoms with Crippen molar-refractivity contribution >= 4 is 5.91 Å². The SMILES string of the molecule is CN1CCC(CNC(=O)c2cc(C#CCN)ccc2F)C1. The first-order valence-corrected chi connectivity index (χ1v) is 7.05. The van der Waals surface area contributed by atoms with Gasteiger partial charge >= 0.3 is 0 Å². The topological polar surface area (TPSA) is 58.4 Å². The van der Waals surface area contributed by atoms with Gasteiger partial charge in [0, 0.05) is 18.7 Å². The molecule has 21 heavy (non-hydrogen) atoms. The molecule has 2 rings (SSSR count). The molecule has 0 saturated carbocycles. The molecular weight excluding hydrogens is 269 g/mol. The van der Waals surface area contributed by atoms with Crippen LogP contribution in [-0.2, 0) is 0 Å². The van der Waals surface area contributed by atoms with Gasteiger partial charge in [0.25, 0.3) is 5.91 Å². The van der Waals surface area contributed by atoms with Crippen molar-refractivity contribution in [1.82, 2.24) is 10.2 Å². The van der Waals surface area contributed by atoms with Gasteiger partial charge in [-0.2, -0.15) is 0 Å². The van der Waals surface area contributed by atoms with E-state index in [9.17, 15) is 9.18 Å². The van der Waals surface area contributed by atoms with E-state index in [4.69, 9.17) is 5.73 Å². The Hall–Kier alpha value is -1.90. The second-order valence-corrected chi connectivity index (χ2v) is 5.33. The lowest BCUT2D eigenvalue weighted by Gasteiger charge is -2.12. The molecule has 1 unspecified atom stereocenters. The smallest absolute Gasteiger partial charge is 0.254 e. The molecule has 1 amide bonds. The van der Waals surface area contributed by atoms with Crippen LogP contribution in [0.4, 0.5) is 4.39 Å². The summed E-state index contributed by atoms with van der Waals surface area (Å²) in [4.78, 5) is 14.3. The van der Waals surface area contributed by atoms with Gasteiger partial charge in [-0.05, 0) is 44.1 Å². The van der Waals surface area contributed by atoms with Crippen LogP contribution in [0.15, 0.2) is 18.2 Å². The molecule has 1 aliphatic rings. The van der Waals surface area contributed by atoms with Crippen molar-refractivity contribution in [3.8, 4) is 11.8 Å². The fraction of sp³-hybridized carbons (Fsp3) is 0.438. The first-order chi connectivity index (χ1) is 10.1. The van der Waals surface area contributed by atoms with Crippen molar-refractivity contribution in [3.05, 3.63) is 35.1 Å². The Kier molecular flexibility index (Phi) is 5.32. The summed E-state index contributed by atoms with van der Waals surface area (Å²) >= 11 is 0. The molecule has 0 bridgehead atoms. The van der Waals surface area contributed by atoms with Crippen molar-refractivity contribution in [2.24, 2.45) is 11.7 Å². The number of hydrogen-bond donors (Lipinski definition) is 2. The summed E-state index contributed by atoms with van der Waals surface area (Å²) in [6.07, 6.45) is 1.06. The zero-order valence-electron chi connectivity index (χ0n) is 12.2. The lowest BCUT2D eigenvalue weighted by molar-refractivity contribution is 0.0943. The predicted molar refractivity (Wildman–Crippen MR) is 80.3 cm³/mol. The lowest BCUT2D eigenvalue weighted by atomic mass is 10.1. The summed E-state index contributed by atoms with van der Waals surface area (Å²) in [7, 11) is 2.06. The van der Waals surface area contributed by atoms with Gasteiger partial charge in [0.05, 0.1) is 12.1 Å². The van der Waals surface area contributed by atoms with Crippen LogP contribution in [0.25, 0.3) is 0 Å². The van der Waals surface area contributed by atoms with Gasteiger partial charge < -0.3 is 16.0 Å². The maximum Gasteiger partial charge on any atom is 0.254 e. The standard InChI is InChI=1S/C16H20FN3O/c1-20-8-6-13(11-20)10-19-16(21)14-9-12(3-2-7-18)4-5-15(14)17/h4-5,9,13H,6-8,10-11,18H2,1H3,(H,19,21). The van der Waals surface area contributed by atoms with Gasteiger partial charge in [-0.1, -0.05) is 11.8 Å². The van der Waals surface area contributed by atoms with Crippen molar-refractivity contribution in [3.63, 3.8) is 0 Å². The fourth-order valence-corrected chi connectivity index (χ4v) is 2.46. The normalized spacial score (nSPS) is 18.1. The van der Waals surface area contributed by atoms with Crippen molar-refractivity contribution in [1.29, 1.82) is 0 Å². The zero-order chi connectivity index (χ0) is 15.2. The lowest BCUT2D eigenvalue weighted by Crippen LogP contribution is -2.31. The Morgan fingerprint density at radius 2 is 2.38 bits per heavy atom. The van der Waals surface area contributed by atoms with E-state index in [0.717, 1.165) is 19.5 Å². The molecule has 5 heteroatoms. The average Bonchev–Trinajstić information content (AvgIpc) is 2.89. The molecule has 0 aromatic heterocycles. The van der Waals surface area contributed by atoms with E-state index < -0.39 is 11.7 Å². The number of rotatable bonds is 3. The van der Waals surface area contributed by atoms with Gasteiger partial charge in [-0.25, -0.2) is 4.39 Å². The van der Waals surface area contributed by atoms with Crippen molar-refractivity contribution in [2.75, 3.05) is 33.2 Å². The number of carbonyl (C=O) groups is 1. The molecule has 1 saturated heterocycles. The molecule has 1 aliphatic heterocycles. The molecule has 1 fully saturated rings. The molecule has 112 valence electrons. The van der Waals surface area contributed by atoms with Crippen LogP contribution < -0.4 is 11.1 Å². The summed E-state index contributed by atoms with van der Waals surface area (Å²) < 4.78 is 13.8. The minimum Gasteiger partial charge on any atom is -0.352 e. The molecular formula is C16H20FN3O. The van der Waals surface area contributed by atoms with E-state index in [1.165, 1.54) is 12.1 Å². The minimum atomic E-state index is -0.533. The number of nitrogens with two attached hydrogens (primary N) is 1. The van der Waals surface area contributed by atoms with Gasteiger partial charge in [0.15, 0.2) is 0 Å². The Balaban J connectivity index is 2.01. The number of hydrogen-bond acceptors (Lipinski definition) is 3. The summed E-state index contributed by atoms with van der Waals surface area (Å²) in [5.41, 5.74) is 5.92. The van der Waals surface area contributed by atoms with E-state index in [0.29, 0.717) is 18.0 Å². The second kappa shape index (κ2) is 7.21. The molecule has 1 atom stereocenters. The van der Waals surface area contributed by atoms with E-state index in [2.05, 4.69) is 29.1 Å². The van der Waals surface area contributed by atoms with Crippen LogP contribution in [0.3, 0.4) is 0 Å². The molecule has 4 nitrogen and oxygen atoms in total. The highest BCUT2D eigenvalue weighted by Crippen LogP contribution is 2.14. The third-order valence-electron chi connectivity index (χ3n) is 3.59. The number of amides is 1. The van der Waals surface area contributed by atoms with E-state index >= 15 is 0 Å². The molecule has 1 aromatic carbocycles.